The van der Waals surface area contributed by atoms with Crippen LogP contribution in [0.3, 0.4) is 0 Å². The van der Waals surface area contributed by atoms with E-state index in [2.05, 4.69) is 20.8 Å². The Bertz CT molecular complexity index is 478. The normalized spacial score (nSPS) is 16.3. The van der Waals surface area contributed by atoms with Crippen molar-refractivity contribution < 1.29 is 9.59 Å². The SMILES string of the molecule is CCNc1nnc(S[C@H](C)C(=O)N2CCNC2=O)s1. The van der Waals surface area contributed by atoms with Gasteiger partial charge in [0.1, 0.15) is 0 Å². The molecule has 1 aliphatic heterocycles. The molecule has 2 rings (SSSR count). The van der Waals surface area contributed by atoms with Crippen LogP contribution in [-0.4, -0.2) is 51.9 Å². The quantitative estimate of drug-likeness (QED) is 0.789. The van der Waals surface area contributed by atoms with Crippen LogP contribution in [0.2, 0.25) is 0 Å². The van der Waals surface area contributed by atoms with Gasteiger partial charge in [-0.2, -0.15) is 0 Å². The Morgan fingerprint density at radius 1 is 1.63 bits per heavy atom. The number of amides is 3. The zero-order valence-electron chi connectivity index (χ0n) is 10.7. The molecule has 9 heteroatoms. The lowest BCUT2D eigenvalue weighted by Crippen LogP contribution is -2.38. The minimum Gasteiger partial charge on any atom is -0.360 e. The number of nitrogens with zero attached hydrogens (tertiary/aromatic N) is 3. The summed E-state index contributed by atoms with van der Waals surface area (Å²) in [6, 6.07) is -0.317. The van der Waals surface area contributed by atoms with Gasteiger partial charge in [-0.15, -0.1) is 10.2 Å². The van der Waals surface area contributed by atoms with E-state index in [-0.39, 0.29) is 17.2 Å². The summed E-state index contributed by atoms with van der Waals surface area (Å²) in [7, 11) is 0. The molecule has 0 unspecified atom stereocenters. The maximum absolute atomic E-state index is 12.1. The molecule has 1 fully saturated rings. The van der Waals surface area contributed by atoms with Crippen LogP contribution >= 0.6 is 23.1 Å². The van der Waals surface area contributed by atoms with E-state index in [1.807, 2.05) is 6.92 Å². The van der Waals surface area contributed by atoms with Gasteiger partial charge >= 0.3 is 6.03 Å². The number of urea groups is 1. The average molecular weight is 301 g/mol. The van der Waals surface area contributed by atoms with Crippen molar-refractivity contribution in [2.24, 2.45) is 0 Å². The number of carbonyl (C=O) groups is 2. The minimum atomic E-state index is -0.355. The summed E-state index contributed by atoms with van der Waals surface area (Å²) in [5, 5.41) is 14.0. The summed E-state index contributed by atoms with van der Waals surface area (Å²) in [4.78, 5) is 24.7. The van der Waals surface area contributed by atoms with Crippen molar-refractivity contribution in [3.8, 4) is 0 Å². The Balaban J connectivity index is 1.94. The smallest absolute Gasteiger partial charge is 0.324 e. The molecule has 19 heavy (non-hydrogen) atoms. The molecule has 2 N–H and O–H groups in total. The summed E-state index contributed by atoms with van der Waals surface area (Å²) in [6.45, 7) is 5.48. The number of aromatic nitrogens is 2. The lowest BCUT2D eigenvalue weighted by atomic mass is 10.4. The molecule has 1 aliphatic rings. The Kier molecular flexibility index (Phi) is 4.59. The maximum atomic E-state index is 12.1. The molecule has 1 aromatic rings. The van der Waals surface area contributed by atoms with E-state index in [9.17, 15) is 9.59 Å². The van der Waals surface area contributed by atoms with E-state index in [1.54, 1.807) is 6.92 Å². The highest BCUT2D eigenvalue weighted by atomic mass is 32.2. The third-order valence-corrected chi connectivity index (χ3v) is 4.54. The fourth-order valence-corrected chi connectivity index (χ4v) is 3.61. The third-order valence-electron chi connectivity index (χ3n) is 2.48. The van der Waals surface area contributed by atoms with Crippen LogP contribution < -0.4 is 10.6 Å². The summed E-state index contributed by atoms with van der Waals surface area (Å²) in [5.41, 5.74) is 0. The first-order valence-corrected chi connectivity index (χ1v) is 7.64. The summed E-state index contributed by atoms with van der Waals surface area (Å²) >= 11 is 2.73. The zero-order valence-corrected chi connectivity index (χ0v) is 12.3. The first-order valence-electron chi connectivity index (χ1n) is 5.95. The van der Waals surface area contributed by atoms with Crippen molar-refractivity contribution in [1.82, 2.24) is 20.4 Å². The second-order valence-corrected chi connectivity index (χ2v) is 6.45. The number of anilines is 1. The van der Waals surface area contributed by atoms with E-state index >= 15 is 0 Å². The van der Waals surface area contributed by atoms with Crippen LogP contribution in [-0.2, 0) is 4.79 Å². The van der Waals surface area contributed by atoms with Crippen LogP contribution in [0.15, 0.2) is 4.34 Å². The van der Waals surface area contributed by atoms with Gasteiger partial charge in [0.2, 0.25) is 11.0 Å². The molecule has 0 bridgehead atoms. The third kappa shape index (κ3) is 3.35. The van der Waals surface area contributed by atoms with Gasteiger partial charge in [-0.05, 0) is 13.8 Å². The largest absolute Gasteiger partial charge is 0.360 e. The van der Waals surface area contributed by atoms with Crippen molar-refractivity contribution in [2.75, 3.05) is 25.0 Å². The topological polar surface area (TPSA) is 87.2 Å². The number of hydrogen-bond acceptors (Lipinski definition) is 7. The Hall–Kier alpha value is -1.35. The summed E-state index contributed by atoms with van der Waals surface area (Å²) in [6.07, 6.45) is 0. The zero-order chi connectivity index (χ0) is 13.8. The number of carbonyl (C=O) groups excluding carboxylic acids is 2. The van der Waals surface area contributed by atoms with Crippen molar-refractivity contribution in [3.05, 3.63) is 0 Å². The van der Waals surface area contributed by atoms with Gasteiger partial charge in [0.25, 0.3) is 0 Å². The molecule has 0 spiro atoms. The van der Waals surface area contributed by atoms with Gasteiger partial charge in [-0.1, -0.05) is 23.1 Å². The second kappa shape index (κ2) is 6.20. The molecule has 1 saturated heterocycles. The number of nitrogens with one attached hydrogen (secondary N) is 2. The van der Waals surface area contributed by atoms with Gasteiger partial charge in [0, 0.05) is 19.6 Å². The Morgan fingerprint density at radius 2 is 2.42 bits per heavy atom. The number of imide groups is 1. The molecule has 0 aromatic carbocycles. The fourth-order valence-electron chi connectivity index (χ4n) is 1.58. The van der Waals surface area contributed by atoms with E-state index in [1.165, 1.54) is 28.0 Å². The minimum absolute atomic E-state index is 0.194. The molecular formula is C10H15N5O2S2. The Morgan fingerprint density at radius 3 is 3.05 bits per heavy atom. The van der Waals surface area contributed by atoms with Gasteiger partial charge in [-0.25, -0.2) is 4.79 Å². The van der Waals surface area contributed by atoms with Crippen molar-refractivity contribution >= 4 is 40.2 Å². The van der Waals surface area contributed by atoms with Crippen LogP contribution in [0.5, 0.6) is 0 Å². The standard InChI is InChI=1S/C10H15N5O2S2/c1-3-11-8-13-14-10(19-8)18-6(2)7(16)15-5-4-12-9(15)17/h6H,3-5H2,1-2H3,(H,11,13)(H,12,17)/t6-/m1/s1. The first-order chi connectivity index (χ1) is 9.11. The Labute approximate surface area is 119 Å². The van der Waals surface area contributed by atoms with Crippen LogP contribution in [0.25, 0.3) is 0 Å². The predicted molar refractivity (Wildman–Crippen MR) is 74.5 cm³/mol. The molecule has 2 heterocycles. The van der Waals surface area contributed by atoms with E-state index in [0.717, 1.165) is 16.0 Å². The van der Waals surface area contributed by atoms with Crippen molar-refractivity contribution in [3.63, 3.8) is 0 Å². The van der Waals surface area contributed by atoms with Crippen molar-refractivity contribution in [2.45, 2.75) is 23.4 Å². The highest BCUT2D eigenvalue weighted by Crippen LogP contribution is 2.29. The number of hydrogen-bond donors (Lipinski definition) is 2. The highest BCUT2D eigenvalue weighted by Gasteiger charge is 2.30. The van der Waals surface area contributed by atoms with Crippen molar-refractivity contribution in [1.29, 1.82) is 0 Å². The molecule has 1 aromatic heterocycles. The fraction of sp³-hybridized carbons (Fsp3) is 0.600. The highest BCUT2D eigenvalue weighted by molar-refractivity contribution is 8.02. The van der Waals surface area contributed by atoms with Gasteiger partial charge in [0.05, 0.1) is 5.25 Å². The molecule has 0 saturated carbocycles. The average Bonchev–Trinajstić information content (AvgIpc) is 2.98. The first kappa shape index (κ1) is 14.1. The molecular weight excluding hydrogens is 286 g/mol. The van der Waals surface area contributed by atoms with Gasteiger partial charge in [-0.3, -0.25) is 9.69 Å². The van der Waals surface area contributed by atoms with E-state index in [0.29, 0.717) is 13.1 Å². The molecule has 104 valence electrons. The number of rotatable bonds is 5. The summed E-state index contributed by atoms with van der Waals surface area (Å²) in [5.74, 6) is -0.194. The van der Waals surface area contributed by atoms with Crippen LogP contribution in [0, 0.1) is 0 Å². The van der Waals surface area contributed by atoms with Crippen LogP contribution in [0.1, 0.15) is 13.8 Å². The van der Waals surface area contributed by atoms with Gasteiger partial charge < -0.3 is 10.6 Å². The van der Waals surface area contributed by atoms with E-state index in [4.69, 9.17) is 0 Å². The molecule has 0 radical (unpaired) electrons. The maximum Gasteiger partial charge on any atom is 0.324 e. The second-order valence-electron chi connectivity index (χ2n) is 3.89. The molecule has 1 atom stereocenters. The number of thioether (sulfide) groups is 1. The lowest BCUT2D eigenvalue weighted by Gasteiger charge is -2.16. The lowest BCUT2D eigenvalue weighted by molar-refractivity contribution is -0.126. The molecule has 3 amide bonds. The van der Waals surface area contributed by atoms with Gasteiger partial charge in [0.15, 0.2) is 4.34 Å². The van der Waals surface area contributed by atoms with E-state index < -0.39 is 0 Å². The monoisotopic (exact) mass is 301 g/mol. The predicted octanol–water partition coefficient (Wildman–Crippen LogP) is 1.00. The van der Waals surface area contributed by atoms with Crippen LogP contribution in [0.4, 0.5) is 9.93 Å². The summed E-state index contributed by atoms with van der Waals surface area (Å²) < 4.78 is 0.719. The molecule has 7 nitrogen and oxygen atoms in total. The molecule has 0 aliphatic carbocycles.